The van der Waals surface area contributed by atoms with Crippen molar-refractivity contribution in [3.63, 3.8) is 0 Å². The summed E-state index contributed by atoms with van der Waals surface area (Å²) in [6, 6.07) is 4.76. The number of halogens is 2. The Hall–Kier alpha value is -0.770. The van der Waals surface area contributed by atoms with Crippen LogP contribution in [0, 0.1) is 5.92 Å². The molecule has 1 amide bonds. The van der Waals surface area contributed by atoms with E-state index in [1.807, 2.05) is 0 Å². The molecular formula is C13H15Cl2NO2. The number of nitrogens with one attached hydrogen (secondary N) is 1. The predicted octanol–water partition coefficient (Wildman–Crippen LogP) is 2.88. The van der Waals surface area contributed by atoms with E-state index in [2.05, 4.69) is 5.32 Å². The molecule has 18 heavy (non-hydrogen) atoms. The van der Waals surface area contributed by atoms with Gasteiger partial charge in [-0.2, -0.15) is 0 Å². The highest BCUT2D eigenvalue weighted by molar-refractivity contribution is 6.36. The first-order valence-corrected chi connectivity index (χ1v) is 6.75. The molecule has 1 saturated carbocycles. The second-order valence-corrected chi connectivity index (χ2v) is 5.42. The summed E-state index contributed by atoms with van der Waals surface area (Å²) in [5.74, 6) is 0.195. The molecule has 0 heterocycles. The predicted molar refractivity (Wildman–Crippen MR) is 72.1 cm³/mol. The van der Waals surface area contributed by atoms with Crippen LogP contribution in [-0.2, 0) is 0 Å². The van der Waals surface area contributed by atoms with Crippen molar-refractivity contribution in [3.8, 4) is 0 Å². The SMILES string of the molecule is O=C(NCCC(O)C1CC1)c1ccc(Cl)cc1Cl. The number of rotatable bonds is 5. The van der Waals surface area contributed by atoms with E-state index in [1.165, 1.54) is 6.07 Å². The van der Waals surface area contributed by atoms with Crippen LogP contribution >= 0.6 is 23.2 Å². The molecule has 1 aromatic carbocycles. The average molecular weight is 288 g/mol. The summed E-state index contributed by atoms with van der Waals surface area (Å²) in [7, 11) is 0. The molecule has 0 spiro atoms. The maximum Gasteiger partial charge on any atom is 0.252 e. The maximum atomic E-state index is 11.8. The zero-order valence-corrected chi connectivity index (χ0v) is 11.3. The van der Waals surface area contributed by atoms with Crippen molar-refractivity contribution in [1.29, 1.82) is 0 Å². The first-order valence-electron chi connectivity index (χ1n) is 5.99. The van der Waals surface area contributed by atoms with E-state index >= 15 is 0 Å². The molecule has 0 saturated heterocycles. The van der Waals surface area contributed by atoms with Crippen molar-refractivity contribution in [2.24, 2.45) is 5.92 Å². The van der Waals surface area contributed by atoms with E-state index in [-0.39, 0.29) is 12.0 Å². The van der Waals surface area contributed by atoms with E-state index in [9.17, 15) is 9.90 Å². The molecule has 1 aromatic rings. The van der Waals surface area contributed by atoms with Crippen LogP contribution in [0.1, 0.15) is 29.6 Å². The van der Waals surface area contributed by atoms with E-state index in [0.717, 1.165) is 12.8 Å². The van der Waals surface area contributed by atoms with E-state index in [1.54, 1.807) is 12.1 Å². The van der Waals surface area contributed by atoms with Crippen molar-refractivity contribution in [3.05, 3.63) is 33.8 Å². The Morgan fingerprint density at radius 1 is 1.44 bits per heavy atom. The van der Waals surface area contributed by atoms with Crippen molar-refractivity contribution < 1.29 is 9.90 Å². The number of carbonyl (C=O) groups excluding carboxylic acids is 1. The van der Waals surface area contributed by atoms with Gasteiger partial charge in [0.15, 0.2) is 0 Å². The van der Waals surface area contributed by atoms with Gasteiger partial charge in [0.25, 0.3) is 5.91 Å². The van der Waals surface area contributed by atoms with Crippen LogP contribution in [0.15, 0.2) is 18.2 Å². The number of aliphatic hydroxyl groups is 1. The van der Waals surface area contributed by atoms with Gasteiger partial charge in [-0.1, -0.05) is 23.2 Å². The first kappa shape index (κ1) is 13.7. The van der Waals surface area contributed by atoms with Crippen molar-refractivity contribution in [1.82, 2.24) is 5.32 Å². The first-order chi connectivity index (χ1) is 8.58. The molecule has 1 fully saturated rings. The molecule has 2 N–H and O–H groups in total. The van der Waals surface area contributed by atoms with Crippen molar-refractivity contribution in [2.75, 3.05) is 6.54 Å². The molecule has 1 aliphatic carbocycles. The van der Waals surface area contributed by atoms with Crippen LogP contribution in [0.5, 0.6) is 0 Å². The van der Waals surface area contributed by atoms with Gasteiger partial charge in [0.1, 0.15) is 0 Å². The van der Waals surface area contributed by atoms with Gasteiger partial charge in [0, 0.05) is 11.6 Å². The van der Waals surface area contributed by atoms with Crippen LogP contribution in [0.3, 0.4) is 0 Å². The van der Waals surface area contributed by atoms with Crippen LogP contribution in [-0.4, -0.2) is 23.7 Å². The molecule has 0 radical (unpaired) electrons. The maximum absolute atomic E-state index is 11.8. The quantitative estimate of drug-likeness (QED) is 0.875. The van der Waals surface area contributed by atoms with Gasteiger partial charge in [0.05, 0.1) is 16.7 Å². The summed E-state index contributed by atoms with van der Waals surface area (Å²) >= 11 is 11.7. The topological polar surface area (TPSA) is 49.3 Å². The highest BCUT2D eigenvalue weighted by Gasteiger charge is 2.29. The van der Waals surface area contributed by atoms with Gasteiger partial charge in [-0.25, -0.2) is 0 Å². The molecule has 5 heteroatoms. The Kier molecular flexibility index (Phi) is 4.49. The minimum atomic E-state index is -0.300. The molecule has 1 aliphatic rings. The van der Waals surface area contributed by atoms with Crippen LogP contribution < -0.4 is 5.32 Å². The Bertz CT molecular complexity index is 447. The van der Waals surface area contributed by atoms with Gasteiger partial charge in [-0.15, -0.1) is 0 Å². The number of hydrogen-bond donors (Lipinski definition) is 2. The minimum Gasteiger partial charge on any atom is -0.393 e. The summed E-state index contributed by atoms with van der Waals surface area (Å²) in [6.45, 7) is 0.454. The molecule has 0 aliphatic heterocycles. The number of hydrogen-bond acceptors (Lipinski definition) is 2. The van der Waals surface area contributed by atoms with Gasteiger partial charge in [0.2, 0.25) is 0 Å². The highest BCUT2D eigenvalue weighted by Crippen LogP contribution is 2.33. The molecular weight excluding hydrogens is 273 g/mol. The molecule has 1 unspecified atom stereocenters. The monoisotopic (exact) mass is 287 g/mol. The Morgan fingerprint density at radius 3 is 2.78 bits per heavy atom. The van der Waals surface area contributed by atoms with Crippen LogP contribution in [0.25, 0.3) is 0 Å². The number of aliphatic hydroxyl groups excluding tert-OH is 1. The van der Waals surface area contributed by atoms with Crippen molar-refractivity contribution >= 4 is 29.1 Å². The van der Waals surface area contributed by atoms with Crippen molar-refractivity contribution in [2.45, 2.75) is 25.4 Å². The lowest BCUT2D eigenvalue weighted by Crippen LogP contribution is -2.27. The lowest BCUT2D eigenvalue weighted by atomic mass is 10.1. The fourth-order valence-corrected chi connectivity index (χ4v) is 2.31. The number of carbonyl (C=O) groups is 1. The summed E-state index contributed by atoms with van der Waals surface area (Å²) in [6.07, 6.45) is 2.48. The van der Waals surface area contributed by atoms with E-state index in [4.69, 9.17) is 23.2 Å². The van der Waals surface area contributed by atoms with Gasteiger partial charge < -0.3 is 10.4 Å². The largest absolute Gasteiger partial charge is 0.393 e. The van der Waals surface area contributed by atoms with Gasteiger partial charge >= 0.3 is 0 Å². The Morgan fingerprint density at radius 2 is 2.17 bits per heavy atom. The Labute approximate surface area is 116 Å². The third-order valence-electron chi connectivity index (χ3n) is 3.07. The standard InChI is InChI=1S/C13H15Cl2NO2/c14-9-3-4-10(11(15)7-9)13(18)16-6-5-12(17)8-1-2-8/h3-4,7-8,12,17H,1-2,5-6H2,(H,16,18). The lowest BCUT2D eigenvalue weighted by molar-refractivity contribution is 0.0937. The molecule has 0 bridgehead atoms. The number of benzene rings is 1. The molecule has 98 valence electrons. The fourth-order valence-electron chi connectivity index (χ4n) is 1.82. The highest BCUT2D eigenvalue weighted by atomic mass is 35.5. The molecule has 3 nitrogen and oxygen atoms in total. The summed E-state index contributed by atoms with van der Waals surface area (Å²) < 4.78 is 0. The van der Waals surface area contributed by atoms with Gasteiger partial charge in [-0.05, 0) is 43.4 Å². The van der Waals surface area contributed by atoms with Gasteiger partial charge in [-0.3, -0.25) is 4.79 Å². The minimum absolute atomic E-state index is 0.236. The average Bonchev–Trinajstić information content (AvgIpc) is 3.12. The third-order valence-corrected chi connectivity index (χ3v) is 3.62. The number of amides is 1. The van der Waals surface area contributed by atoms with Crippen LogP contribution in [0.2, 0.25) is 10.0 Å². The zero-order valence-electron chi connectivity index (χ0n) is 9.83. The second kappa shape index (κ2) is 5.91. The van der Waals surface area contributed by atoms with E-state index < -0.39 is 0 Å². The third kappa shape index (κ3) is 3.61. The molecule has 0 aromatic heterocycles. The fraction of sp³-hybridized carbons (Fsp3) is 0.462. The summed E-state index contributed by atoms with van der Waals surface area (Å²) in [5, 5.41) is 13.3. The molecule has 2 rings (SSSR count). The summed E-state index contributed by atoms with van der Waals surface area (Å²) in [4.78, 5) is 11.8. The Balaban J connectivity index is 1.83. The van der Waals surface area contributed by atoms with E-state index in [0.29, 0.717) is 34.5 Å². The smallest absolute Gasteiger partial charge is 0.252 e. The normalized spacial score (nSPS) is 16.4. The second-order valence-electron chi connectivity index (χ2n) is 4.57. The zero-order chi connectivity index (χ0) is 13.1. The van der Waals surface area contributed by atoms with Crippen LogP contribution in [0.4, 0.5) is 0 Å². The summed E-state index contributed by atoms with van der Waals surface area (Å²) in [5.41, 5.74) is 0.405. The molecule has 1 atom stereocenters. The lowest BCUT2D eigenvalue weighted by Gasteiger charge is -2.10.